The minimum Gasteiger partial charge on any atom is -0.460 e. The van der Waals surface area contributed by atoms with E-state index < -0.39 is 23.8 Å². The molecule has 0 unspecified atom stereocenters. The van der Waals surface area contributed by atoms with Crippen molar-refractivity contribution in [3.05, 3.63) is 22.4 Å². The van der Waals surface area contributed by atoms with Gasteiger partial charge in [0.25, 0.3) is 6.02 Å². The number of amidine groups is 1. The van der Waals surface area contributed by atoms with Gasteiger partial charge in [0.05, 0.1) is 19.1 Å². The summed E-state index contributed by atoms with van der Waals surface area (Å²) in [5.74, 6) is -0.636. The Labute approximate surface area is 240 Å². The summed E-state index contributed by atoms with van der Waals surface area (Å²) in [5, 5.41) is 7.83. The molecule has 12 heteroatoms. The molecule has 3 amide bonds. The van der Waals surface area contributed by atoms with E-state index in [1.165, 1.54) is 0 Å². The number of hydrogen-bond donors (Lipinski definition) is 3. The maximum atomic E-state index is 14.2. The van der Waals surface area contributed by atoms with E-state index in [1.807, 2.05) is 36.3 Å². The van der Waals surface area contributed by atoms with Crippen molar-refractivity contribution in [3.8, 4) is 0 Å². The Morgan fingerprint density at radius 2 is 1.93 bits per heavy atom. The molecule has 1 saturated carbocycles. The average molecular weight is 577 g/mol. The lowest BCUT2D eigenvalue weighted by Crippen LogP contribution is -2.65. The van der Waals surface area contributed by atoms with Gasteiger partial charge in [-0.05, 0) is 77.7 Å². The van der Waals surface area contributed by atoms with Crippen LogP contribution in [0.1, 0.15) is 65.2 Å². The minimum atomic E-state index is -0.818. The molecule has 2 aliphatic heterocycles. The fraction of sp³-hybridized carbons (Fsp3) is 0.714. The van der Waals surface area contributed by atoms with E-state index in [0.29, 0.717) is 38.5 Å². The number of ether oxygens (including phenoxy) is 2. The van der Waals surface area contributed by atoms with E-state index in [0.717, 1.165) is 17.7 Å². The lowest BCUT2D eigenvalue weighted by molar-refractivity contribution is -0.146. The third-order valence-corrected chi connectivity index (χ3v) is 8.64. The van der Waals surface area contributed by atoms with E-state index in [-0.39, 0.29) is 42.5 Å². The molecular weight excluding hydrogens is 532 g/mol. The third-order valence-electron chi connectivity index (χ3n) is 7.76. The van der Waals surface area contributed by atoms with Crippen LogP contribution < -0.4 is 16.4 Å². The van der Waals surface area contributed by atoms with E-state index in [9.17, 15) is 14.4 Å². The summed E-state index contributed by atoms with van der Waals surface area (Å²) >= 11 is 1.56. The maximum absolute atomic E-state index is 14.2. The van der Waals surface area contributed by atoms with E-state index >= 15 is 0 Å². The van der Waals surface area contributed by atoms with Crippen LogP contribution in [-0.2, 0) is 25.6 Å². The molecule has 40 heavy (non-hydrogen) atoms. The fourth-order valence-electron chi connectivity index (χ4n) is 5.35. The van der Waals surface area contributed by atoms with Crippen LogP contribution in [-0.4, -0.2) is 89.2 Å². The molecule has 1 aromatic rings. The van der Waals surface area contributed by atoms with Gasteiger partial charge in [-0.1, -0.05) is 6.07 Å². The molecule has 3 aliphatic rings. The first-order valence-electron chi connectivity index (χ1n) is 14.3. The molecule has 1 aromatic heterocycles. The van der Waals surface area contributed by atoms with Gasteiger partial charge in [-0.15, -0.1) is 11.3 Å². The first-order chi connectivity index (χ1) is 18.9. The lowest BCUT2D eigenvalue weighted by Gasteiger charge is -2.43. The van der Waals surface area contributed by atoms with Gasteiger partial charge in [-0.3, -0.25) is 9.59 Å². The minimum absolute atomic E-state index is 0.0147. The second-order valence-electron chi connectivity index (χ2n) is 12.1. The van der Waals surface area contributed by atoms with Crippen LogP contribution in [0.3, 0.4) is 0 Å². The number of amides is 3. The number of hydrogen-bond acceptors (Lipinski definition) is 9. The van der Waals surface area contributed by atoms with Crippen LogP contribution >= 0.6 is 11.3 Å². The summed E-state index contributed by atoms with van der Waals surface area (Å²) in [7, 11) is 0. The average Bonchev–Trinajstić information content (AvgIpc) is 3.54. The standard InChI is InChI=1S/C28H44N6O5S/c1-17-18(2)38-26(31-17)33-12-13-34(22(16-33)24(35)30-15-21-7-6-14-40-21)25(36)23(19-8-10-20(29)11-9-19)32-27(37)39-28(3,4)5/h6-7,14,17-20,22-23H,8-13,15-16,29H2,1-5H3,(H,30,35)(H,32,37)/t17-,18-,19?,20?,22-,23+/m0/s1. The Morgan fingerprint density at radius 3 is 2.52 bits per heavy atom. The van der Waals surface area contributed by atoms with Crippen molar-refractivity contribution in [1.29, 1.82) is 0 Å². The summed E-state index contributed by atoms with van der Waals surface area (Å²) in [6.45, 7) is 10.7. The smallest absolute Gasteiger partial charge is 0.408 e. The predicted molar refractivity (Wildman–Crippen MR) is 154 cm³/mol. The van der Waals surface area contributed by atoms with Crippen LogP contribution in [0, 0.1) is 5.92 Å². The molecule has 0 spiro atoms. The number of nitrogens with zero attached hydrogens (tertiary/aromatic N) is 3. The van der Waals surface area contributed by atoms with E-state index in [4.69, 9.17) is 15.2 Å². The van der Waals surface area contributed by atoms with Gasteiger partial charge in [0.15, 0.2) is 0 Å². The first kappa shape index (κ1) is 30.1. The fourth-order valence-corrected chi connectivity index (χ4v) is 6.00. The highest BCUT2D eigenvalue weighted by atomic mass is 32.1. The SMILES string of the molecule is C[C@@H]1N=C(N2CCN(C(=O)[C@H](NC(=O)OC(C)(C)C)C3CCC(N)CC3)[C@H](C(=O)NCc3cccs3)C2)O[C@H]1C. The summed E-state index contributed by atoms with van der Waals surface area (Å²) in [4.78, 5) is 49.9. The molecule has 1 saturated heterocycles. The van der Waals surface area contributed by atoms with Gasteiger partial charge in [-0.2, -0.15) is 0 Å². The van der Waals surface area contributed by atoms with Gasteiger partial charge < -0.3 is 35.6 Å². The highest BCUT2D eigenvalue weighted by molar-refractivity contribution is 7.09. The van der Waals surface area contributed by atoms with E-state index in [2.05, 4.69) is 15.6 Å². The van der Waals surface area contributed by atoms with E-state index in [1.54, 1.807) is 37.0 Å². The summed E-state index contributed by atoms with van der Waals surface area (Å²) in [5.41, 5.74) is 5.43. The zero-order valence-electron chi connectivity index (χ0n) is 24.2. The zero-order chi connectivity index (χ0) is 29.0. The first-order valence-corrected chi connectivity index (χ1v) is 15.1. The molecule has 4 atom stereocenters. The maximum Gasteiger partial charge on any atom is 0.408 e. The van der Waals surface area contributed by atoms with Crippen LogP contribution in [0.25, 0.3) is 0 Å². The predicted octanol–water partition coefficient (Wildman–Crippen LogP) is 2.45. The molecule has 222 valence electrons. The molecule has 11 nitrogen and oxygen atoms in total. The summed E-state index contributed by atoms with van der Waals surface area (Å²) < 4.78 is 11.5. The zero-order valence-corrected chi connectivity index (χ0v) is 25.0. The number of thiophene rings is 1. The summed E-state index contributed by atoms with van der Waals surface area (Å²) in [6, 6.07) is 2.90. The molecule has 2 fully saturated rings. The van der Waals surface area contributed by atoms with Gasteiger partial charge >= 0.3 is 6.09 Å². The number of piperazine rings is 1. The lowest BCUT2D eigenvalue weighted by atomic mass is 9.81. The van der Waals surface area contributed by atoms with Crippen LogP contribution in [0.15, 0.2) is 22.5 Å². The Hall–Kier alpha value is -2.86. The second-order valence-corrected chi connectivity index (χ2v) is 13.1. The van der Waals surface area contributed by atoms with Crippen molar-refractivity contribution in [2.45, 2.75) is 103 Å². The highest BCUT2D eigenvalue weighted by Gasteiger charge is 2.43. The van der Waals surface area contributed by atoms with Crippen molar-refractivity contribution in [3.63, 3.8) is 0 Å². The Balaban J connectivity index is 1.55. The highest BCUT2D eigenvalue weighted by Crippen LogP contribution is 2.29. The monoisotopic (exact) mass is 576 g/mol. The topological polar surface area (TPSA) is 139 Å². The molecule has 0 bridgehead atoms. The molecule has 4 N–H and O–H groups in total. The molecule has 3 heterocycles. The molecule has 0 aromatic carbocycles. The van der Waals surface area contributed by atoms with Gasteiger partial charge in [-0.25, -0.2) is 9.79 Å². The van der Waals surface area contributed by atoms with Crippen molar-refractivity contribution < 1.29 is 23.9 Å². The Kier molecular flexibility index (Phi) is 9.60. The molecule has 4 rings (SSSR count). The number of nitrogens with two attached hydrogens (primary N) is 1. The quantitative estimate of drug-likeness (QED) is 0.473. The van der Waals surface area contributed by atoms with Gasteiger partial charge in [0.2, 0.25) is 11.8 Å². The Morgan fingerprint density at radius 1 is 1.20 bits per heavy atom. The number of aliphatic imine (C=N–C) groups is 1. The molecule has 1 aliphatic carbocycles. The van der Waals surface area contributed by atoms with Crippen LogP contribution in [0.2, 0.25) is 0 Å². The molecular formula is C28H44N6O5S. The van der Waals surface area contributed by atoms with Crippen molar-refractivity contribution in [2.75, 3.05) is 19.6 Å². The Bertz CT molecular complexity index is 1070. The second kappa shape index (κ2) is 12.8. The number of carbonyl (C=O) groups excluding carboxylic acids is 3. The number of carbonyl (C=O) groups is 3. The largest absolute Gasteiger partial charge is 0.460 e. The van der Waals surface area contributed by atoms with Crippen molar-refractivity contribution in [1.82, 2.24) is 20.4 Å². The van der Waals surface area contributed by atoms with Crippen LogP contribution in [0.4, 0.5) is 4.79 Å². The third kappa shape index (κ3) is 7.66. The number of rotatable bonds is 6. The number of alkyl carbamates (subject to hydrolysis) is 1. The van der Waals surface area contributed by atoms with Crippen molar-refractivity contribution >= 4 is 35.3 Å². The number of nitrogens with one attached hydrogen (secondary N) is 2. The van der Waals surface area contributed by atoms with Gasteiger partial charge in [0, 0.05) is 24.0 Å². The normalized spacial score (nSPS) is 27.9. The van der Waals surface area contributed by atoms with Gasteiger partial charge in [0.1, 0.15) is 23.8 Å². The van der Waals surface area contributed by atoms with Crippen molar-refractivity contribution in [2.24, 2.45) is 16.6 Å². The summed E-state index contributed by atoms with van der Waals surface area (Å²) in [6.07, 6.45) is 2.27. The van der Waals surface area contributed by atoms with Crippen LogP contribution in [0.5, 0.6) is 0 Å². The molecule has 0 radical (unpaired) electrons.